The summed E-state index contributed by atoms with van der Waals surface area (Å²) in [5, 5.41) is 1.36. The zero-order valence-corrected chi connectivity index (χ0v) is 21.4. The van der Waals surface area contributed by atoms with Gasteiger partial charge in [-0.3, -0.25) is 4.98 Å². The van der Waals surface area contributed by atoms with Crippen LogP contribution in [0, 0.1) is 0 Å². The molecule has 0 atom stereocenters. The highest BCUT2D eigenvalue weighted by Gasteiger charge is 2.30. The number of hydrogen-bond donors (Lipinski definition) is 1. The van der Waals surface area contributed by atoms with E-state index in [-0.39, 0.29) is 21.7 Å². The highest BCUT2D eigenvalue weighted by Crippen LogP contribution is 2.40. The highest BCUT2D eigenvalue weighted by molar-refractivity contribution is 5.87. The molecule has 3 aromatic rings. The normalized spacial score (nSPS) is 13.7. The number of nitrogens with zero attached hydrogens (tertiary/aromatic N) is 1. The second-order valence-electron chi connectivity index (χ2n) is 12.6. The van der Waals surface area contributed by atoms with Gasteiger partial charge in [0.05, 0.1) is 0 Å². The molecule has 2 nitrogen and oxygen atoms in total. The maximum absolute atomic E-state index is 4.78. The Bertz CT molecular complexity index is 1040. The van der Waals surface area contributed by atoms with Crippen LogP contribution in [0.15, 0.2) is 42.7 Å². The molecule has 0 amide bonds. The molecule has 1 N–H and O–H groups in total. The second kappa shape index (κ2) is 7.80. The van der Waals surface area contributed by atoms with Gasteiger partial charge >= 0.3 is 0 Å². The van der Waals surface area contributed by atoms with E-state index in [0.717, 1.165) is 18.5 Å². The van der Waals surface area contributed by atoms with Crippen LogP contribution in [0.5, 0.6) is 0 Å². The SMILES string of the molecule is CC(C)(C)c1ccc(C(C)(C)CCC(C)(C)c2ccc(C(C)(C)C)c3cc[nH]c23)cn1. The lowest BCUT2D eigenvalue weighted by molar-refractivity contribution is 0.375. The van der Waals surface area contributed by atoms with Gasteiger partial charge in [0.2, 0.25) is 0 Å². The number of aromatic nitrogens is 2. The number of fused-ring (bicyclic) bond motifs is 1. The lowest BCUT2D eigenvalue weighted by Gasteiger charge is -2.33. The minimum atomic E-state index is 0.0789. The van der Waals surface area contributed by atoms with Crippen LogP contribution in [-0.2, 0) is 21.7 Å². The van der Waals surface area contributed by atoms with E-state index in [2.05, 4.69) is 117 Å². The number of pyridine rings is 1. The third-order valence-corrected chi connectivity index (χ3v) is 6.95. The van der Waals surface area contributed by atoms with E-state index in [9.17, 15) is 0 Å². The van der Waals surface area contributed by atoms with Crippen LogP contribution in [0.4, 0.5) is 0 Å². The molecular formula is C29H42N2. The van der Waals surface area contributed by atoms with E-state index in [0.29, 0.717) is 0 Å². The van der Waals surface area contributed by atoms with Crippen molar-refractivity contribution in [3.8, 4) is 0 Å². The fraction of sp³-hybridized carbons (Fsp3) is 0.552. The van der Waals surface area contributed by atoms with Gasteiger partial charge in [0.25, 0.3) is 0 Å². The Labute approximate surface area is 189 Å². The largest absolute Gasteiger partial charge is 0.361 e. The fourth-order valence-electron chi connectivity index (χ4n) is 4.52. The number of aromatic amines is 1. The van der Waals surface area contributed by atoms with Crippen LogP contribution in [0.2, 0.25) is 0 Å². The standard InChI is InChI=1S/C29H42N2/c1-26(2,3)22-12-13-23(25-21(22)15-18-30-25)29(9,10)17-16-28(7,8)20-11-14-24(31-19-20)27(4,5)6/h11-15,18-19,30H,16-17H2,1-10H3. The van der Waals surface area contributed by atoms with Crippen LogP contribution < -0.4 is 0 Å². The molecule has 0 fully saturated rings. The molecule has 0 radical (unpaired) electrons. The van der Waals surface area contributed by atoms with Gasteiger partial charge in [-0.1, -0.05) is 87.4 Å². The van der Waals surface area contributed by atoms with Crippen LogP contribution in [-0.4, -0.2) is 9.97 Å². The van der Waals surface area contributed by atoms with Gasteiger partial charge in [0.1, 0.15) is 0 Å². The first-order valence-corrected chi connectivity index (χ1v) is 11.7. The summed E-state index contributed by atoms with van der Waals surface area (Å²) in [6.45, 7) is 23.0. The Kier molecular flexibility index (Phi) is 5.93. The first kappa shape index (κ1) is 23.6. The Morgan fingerprint density at radius 2 is 1.29 bits per heavy atom. The molecule has 0 aliphatic carbocycles. The summed E-state index contributed by atoms with van der Waals surface area (Å²) in [7, 11) is 0. The number of benzene rings is 1. The van der Waals surface area contributed by atoms with Gasteiger partial charge in [-0.2, -0.15) is 0 Å². The minimum Gasteiger partial charge on any atom is -0.361 e. The predicted molar refractivity (Wildman–Crippen MR) is 135 cm³/mol. The maximum atomic E-state index is 4.78. The predicted octanol–water partition coefficient (Wildman–Crippen LogP) is 8.19. The van der Waals surface area contributed by atoms with Crippen LogP contribution in [0.25, 0.3) is 10.9 Å². The van der Waals surface area contributed by atoms with Gasteiger partial charge < -0.3 is 4.98 Å². The van der Waals surface area contributed by atoms with E-state index >= 15 is 0 Å². The summed E-state index contributed by atoms with van der Waals surface area (Å²) in [4.78, 5) is 8.33. The molecule has 3 rings (SSSR count). The molecule has 0 unspecified atom stereocenters. The van der Waals surface area contributed by atoms with Crippen molar-refractivity contribution >= 4 is 10.9 Å². The molecule has 0 aliphatic heterocycles. The van der Waals surface area contributed by atoms with E-state index in [1.54, 1.807) is 0 Å². The van der Waals surface area contributed by atoms with Gasteiger partial charge in [-0.25, -0.2) is 0 Å². The van der Waals surface area contributed by atoms with Crippen molar-refractivity contribution in [1.29, 1.82) is 0 Å². The van der Waals surface area contributed by atoms with Gasteiger partial charge in [0.15, 0.2) is 0 Å². The zero-order valence-electron chi connectivity index (χ0n) is 21.4. The Hall–Kier alpha value is -2.09. The molecule has 0 spiro atoms. The summed E-state index contributed by atoms with van der Waals surface area (Å²) < 4.78 is 0. The van der Waals surface area contributed by atoms with Crippen LogP contribution in [0.1, 0.15) is 104 Å². The average molecular weight is 419 g/mol. The van der Waals surface area contributed by atoms with E-state index in [4.69, 9.17) is 4.98 Å². The van der Waals surface area contributed by atoms with Gasteiger partial charge in [-0.05, 0) is 57.9 Å². The van der Waals surface area contributed by atoms with Crippen molar-refractivity contribution in [3.63, 3.8) is 0 Å². The lowest BCUT2D eigenvalue weighted by atomic mass is 9.72. The lowest BCUT2D eigenvalue weighted by Crippen LogP contribution is -2.25. The molecule has 0 aliphatic rings. The number of rotatable bonds is 5. The van der Waals surface area contributed by atoms with E-state index in [1.807, 2.05) is 0 Å². The summed E-state index contributed by atoms with van der Waals surface area (Å²) in [6, 6.07) is 11.4. The minimum absolute atomic E-state index is 0.0789. The van der Waals surface area contributed by atoms with Crippen molar-refractivity contribution in [2.45, 2.75) is 104 Å². The van der Waals surface area contributed by atoms with Crippen molar-refractivity contribution in [1.82, 2.24) is 9.97 Å². The smallest absolute Gasteiger partial charge is 0.0494 e. The molecular weight excluding hydrogens is 376 g/mol. The van der Waals surface area contributed by atoms with E-state index < -0.39 is 0 Å². The molecule has 168 valence electrons. The number of hydrogen-bond acceptors (Lipinski definition) is 1. The van der Waals surface area contributed by atoms with Crippen molar-refractivity contribution in [2.24, 2.45) is 0 Å². The van der Waals surface area contributed by atoms with Crippen molar-refractivity contribution < 1.29 is 0 Å². The second-order valence-corrected chi connectivity index (χ2v) is 12.6. The quantitative estimate of drug-likeness (QED) is 0.444. The fourth-order valence-corrected chi connectivity index (χ4v) is 4.52. The number of nitrogens with one attached hydrogen (secondary N) is 1. The molecule has 2 heterocycles. The molecule has 0 saturated carbocycles. The first-order valence-electron chi connectivity index (χ1n) is 11.7. The molecule has 0 bridgehead atoms. The third kappa shape index (κ3) is 4.89. The molecule has 2 heteroatoms. The molecule has 0 saturated heterocycles. The van der Waals surface area contributed by atoms with Crippen LogP contribution >= 0.6 is 0 Å². The molecule has 2 aromatic heterocycles. The van der Waals surface area contributed by atoms with Crippen molar-refractivity contribution in [3.05, 3.63) is 65.1 Å². The Morgan fingerprint density at radius 1 is 0.677 bits per heavy atom. The third-order valence-electron chi connectivity index (χ3n) is 6.95. The average Bonchev–Trinajstić information content (AvgIpc) is 3.14. The first-order chi connectivity index (χ1) is 14.1. The summed E-state index contributed by atoms with van der Waals surface area (Å²) in [6.07, 6.45) is 6.41. The number of H-pyrrole nitrogens is 1. The summed E-state index contributed by atoms with van der Waals surface area (Å²) in [5.74, 6) is 0. The molecule has 1 aromatic carbocycles. The summed E-state index contributed by atoms with van der Waals surface area (Å²) >= 11 is 0. The van der Waals surface area contributed by atoms with Crippen molar-refractivity contribution in [2.75, 3.05) is 0 Å². The van der Waals surface area contributed by atoms with Gasteiger partial charge in [0, 0.05) is 34.4 Å². The van der Waals surface area contributed by atoms with Crippen LogP contribution in [0.3, 0.4) is 0 Å². The Morgan fingerprint density at radius 3 is 1.84 bits per heavy atom. The topological polar surface area (TPSA) is 28.7 Å². The maximum Gasteiger partial charge on any atom is 0.0494 e. The summed E-state index contributed by atoms with van der Waals surface area (Å²) in [5.41, 5.74) is 6.99. The highest BCUT2D eigenvalue weighted by atomic mass is 14.7. The zero-order chi connectivity index (χ0) is 23.2. The monoisotopic (exact) mass is 418 g/mol. The molecule has 31 heavy (non-hydrogen) atoms. The van der Waals surface area contributed by atoms with Gasteiger partial charge in [-0.15, -0.1) is 0 Å². The van der Waals surface area contributed by atoms with E-state index in [1.165, 1.54) is 27.6 Å². The Balaban J connectivity index is 1.85.